The van der Waals surface area contributed by atoms with Gasteiger partial charge in [-0.3, -0.25) is 14.5 Å². The van der Waals surface area contributed by atoms with Crippen LogP contribution in [0.3, 0.4) is 0 Å². The Labute approximate surface area is 230 Å². The van der Waals surface area contributed by atoms with Gasteiger partial charge < -0.3 is 19.7 Å². The largest absolute Gasteiger partial charge is 0.492 e. The quantitative estimate of drug-likeness (QED) is 0.387. The van der Waals surface area contributed by atoms with Gasteiger partial charge in [0.25, 0.3) is 11.5 Å². The molecule has 4 aromatic rings. The molecule has 3 aliphatic heterocycles. The molecule has 0 saturated heterocycles. The van der Waals surface area contributed by atoms with E-state index < -0.39 is 0 Å². The van der Waals surface area contributed by atoms with Crippen molar-refractivity contribution in [1.82, 2.24) is 24.2 Å². The second kappa shape index (κ2) is 9.83. The third kappa shape index (κ3) is 4.28. The zero-order valence-electron chi connectivity index (χ0n) is 22.2. The highest BCUT2D eigenvalue weighted by Crippen LogP contribution is 2.35. The maximum atomic E-state index is 13.5. The first-order valence-electron chi connectivity index (χ1n) is 13.5. The summed E-state index contributed by atoms with van der Waals surface area (Å²) in [5, 5.41) is 3.69. The number of carbonyl (C=O) groups excluding carboxylic acids is 1. The number of hydrogen-bond donors (Lipinski definition) is 1. The molecule has 2 bridgehead atoms. The lowest BCUT2D eigenvalue weighted by Gasteiger charge is -2.30. The Morgan fingerprint density at radius 3 is 2.85 bits per heavy atom. The average Bonchev–Trinajstić information content (AvgIpc) is 3.08. The number of allylic oxidation sites excluding steroid dienone is 2. The monoisotopic (exact) mass is 539 g/mol. The van der Waals surface area contributed by atoms with Crippen molar-refractivity contribution in [3.05, 3.63) is 70.7 Å². The van der Waals surface area contributed by atoms with Crippen molar-refractivity contribution in [2.24, 2.45) is 0 Å². The van der Waals surface area contributed by atoms with Gasteiger partial charge >= 0.3 is 0 Å². The van der Waals surface area contributed by atoms with Crippen LogP contribution in [0.1, 0.15) is 18.4 Å². The molecule has 11 heteroatoms. The van der Waals surface area contributed by atoms with E-state index in [9.17, 15) is 9.59 Å². The SMILES string of the molecule is CN1CCOc2cc(Nc3ncc4c(=O)n5n(c4n3)-c3ccc4c(c3)N(CCCC=CC5)C(=O)CO4)ccc2C1. The van der Waals surface area contributed by atoms with E-state index in [-0.39, 0.29) is 18.1 Å². The topological polar surface area (TPSA) is 107 Å². The van der Waals surface area contributed by atoms with Gasteiger partial charge in [-0.1, -0.05) is 18.2 Å². The van der Waals surface area contributed by atoms with Gasteiger partial charge in [0, 0.05) is 43.1 Å². The molecule has 1 amide bonds. The van der Waals surface area contributed by atoms with Crippen LogP contribution in [0, 0.1) is 0 Å². The first-order chi connectivity index (χ1) is 19.5. The third-order valence-corrected chi connectivity index (χ3v) is 7.50. The fraction of sp³-hybridized carbons (Fsp3) is 0.310. The van der Waals surface area contributed by atoms with Crippen molar-refractivity contribution in [3.8, 4) is 17.2 Å². The normalized spacial score (nSPS) is 17.1. The predicted octanol–water partition coefficient (Wildman–Crippen LogP) is 3.23. The molecule has 0 spiro atoms. The number of fused-ring (bicyclic) bond motifs is 6. The molecule has 0 saturated carbocycles. The fourth-order valence-electron chi connectivity index (χ4n) is 5.45. The first kappa shape index (κ1) is 24.4. The van der Waals surface area contributed by atoms with Crippen molar-refractivity contribution in [2.75, 3.05) is 43.6 Å². The zero-order chi connectivity index (χ0) is 27.2. The van der Waals surface area contributed by atoms with Gasteiger partial charge in [-0.2, -0.15) is 4.98 Å². The number of ether oxygens (including phenoxy) is 2. The molecule has 0 aliphatic carbocycles. The lowest BCUT2D eigenvalue weighted by Crippen LogP contribution is -2.39. The lowest BCUT2D eigenvalue weighted by atomic mass is 10.1. The number of benzene rings is 2. The Balaban J connectivity index is 1.33. The maximum Gasteiger partial charge on any atom is 0.278 e. The summed E-state index contributed by atoms with van der Waals surface area (Å²) in [7, 11) is 2.08. The second-order valence-corrected chi connectivity index (χ2v) is 10.3. The highest BCUT2D eigenvalue weighted by molar-refractivity contribution is 5.98. The molecule has 7 rings (SSSR count). The summed E-state index contributed by atoms with van der Waals surface area (Å²) in [6, 6.07) is 11.6. The number of nitrogens with zero attached hydrogens (tertiary/aromatic N) is 6. The molecule has 0 unspecified atom stereocenters. The highest BCUT2D eigenvalue weighted by Gasteiger charge is 2.27. The van der Waals surface area contributed by atoms with Crippen LogP contribution in [0.5, 0.6) is 11.5 Å². The van der Waals surface area contributed by atoms with E-state index in [4.69, 9.17) is 14.5 Å². The van der Waals surface area contributed by atoms with Gasteiger partial charge in [-0.25, -0.2) is 14.3 Å². The van der Waals surface area contributed by atoms with Crippen LogP contribution < -0.4 is 25.2 Å². The highest BCUT2D eigenvalue weighted by atomic mass is 16.5. The van der Waals surface area contributed by atoms with Gasteiger partial charge in [-0.15, -0.1) is 0 Å². The van der Waals surface area contributed by atoms with Gasteiger partial charge in [0.15, 0.2) is 12.3 Å². The van der Waals surface area contributed by atoms with Crippen LogP contribution in [-0.4, -0.2) is 63.5 Å². The van der Waals surface area contributed by atoms with Gasteiger partial charge in [0.1, 0.15) is 23.5 Å². The van der Waals surface area contributed by atoms with Crippen LogP contribution in [0.25, 0.3) is 16.7 Å². The number of carbonyl (C=O) groups is 1. The zero-order valence-corrected chi connectivity index (χ0v) is 22.2. The van der Waals surface area contributed by atoms with Gasteiger partial charge in [0.2, 0.25) is 5.95 Å². The molecule has 0 fully saturated rings. The predicted molar refractivity (Wildman–Crippen MR) is 151 cm³/mol. The Morgan fingerprint density at radius 2 is 1.93 bits per heavy atom. The summed E-state index contributed by atoms with van der Waals surface area (Å²) in [4.78, 5) is 39.5. The molecule has 40 heavy (non-hydrogen) atoms. The first-order valence-corrected chi connectivity index (χ1v) is 13.5. The van der Waals surface area contributed by atoms with E-state index in [0.717, 1.165) is 42.9 Å². The van der Waals surface area contributed by atoms with Crippen molar-refractivity contribution in [1.29, 1.82) is 0 Å². The summed E-state index contributed by atoms with van der Waals surface area (Å²) in [6.45, 7) is 3.30. The Kier molecular flexibility index (Phi) is 6.00. The molecule has 0 atom stereocenters. The molecule has 2 aromatic heterocycles. The Morgan fingerprint density at radius 1 is 1.00 bits per heavy atom. The number of rotatable bonds is 2. The van der Waals surface area contributed by atoms with Crippen LogP contribution >= 0.6 is 0 Å². The van der Waals surface area contributed by atoms with Crippen molar-refractivity contribution in [3.63, 3.8) is 0 Å². The molecule has 2 aromatic carbocycles. The number of aromatic nitrogens is 4. The summed E-state index contributed by atoms with van der Waals surface area (Å²) in [5.74, 6) is 1.77. The molecule has 204 valence electrons. The van der Waals surface area contributed by atoms with E-state index in [1.807, 2.05) is 48.6 Å². The summed E-state index contributed by atoms with van der Waals surface area (Å²) >= 11 is 0. The van der Waals surface area contributed by atoms with Gasteiger partial charge in [-0.05, 0) is 44.2 Å². The fourth-order valence-corrected chi connectivity index (χ4v) is 5.45. The molecular formula is C29H29N7O4. The van der Waals surface area contributed by atoms with Crippen molar-refractivity contribution < 1.29 is 14.3 Å². The van der Waals surface area contributed by atoms with E-state index in [1.165, 1.54) is 0 Å². The van der Waals surface area contributed by atoms with Crippen LogP contribution in [0.4, 0.5) is 17.3 Å². The standard InChI is InChI=1S/C29H29N7O4/c1-33-12-13-39-25-14-20(7-6-19(25)17-33)31-29-30-16-22-27(32-29)36-21-8-9-24-23(15-21)34(26(37)18-40-24)10-4-2-3-5-11-35(36)28(22)38/h3,5-9,14-16H,2,4,10-13,17-18H2,1H3,(H,30,31,32). The third-order valence-electron chi connectivity index (χ3n) is 7.50. The average molecular weight is 540 g/mol. The number of nitrogens with one attached hydrogen (secondary N) is 1. The summed E-state index contributed by atoms with van der Waals surface area (Å²) < 4.78 is 15.1. The molecule has 1 N–H and O–H groups in total. The lowest BCUT2D eigenvalue weighted by molar-refractivity contribution is -0.121. The van der Waals surface area contributed by atoms with Crippen molar-refractivity contribution >= 4 is 34.3 Å². The van der Waals surface area contributed by atoms with E-state index >= 15 is 0 Å². The molecule has 5 heterocycles. The minimum atomic E-state index is -0.187. The van der Waals surface area contributed by atoms with Crippen molar-refractivity contribution in [2.45, 2.75) is 25.9 Å². The van der Waals surface area contributed by atoms with Gasteiger partial charge in [0.05, 0.1) is 17.9 Å². The molecule has 3 aliphatic rings. The van der Waals surface area contributed by atoms with E-state index in [1.54, 1.807) is 20.5 Å². The molecule has 0 radical (unpaired) electrons. The van der Waals surface area contributed by atoms with E-state index in [2.05, 4.69) is 22.2 Å². The van der Waals surface area contributed by atoms with Crippen LogP contribution in [0.2, 0.25) is 0 Å². The van der Waals surface area contributed by atoms with Crippen LogP contribution in [-0.2, 0) is 17.9 Å². The smallest absolute Gasteiger partial charge is 0.278 e. The molecule has 11 nitrogen and oxygen atoms in total. The van der Waals surface area contributed by atoms with E-state index in [0.29, 0.717) is 53.8 Å². The number of hydrogen-bond acceptors (Lipinski definition) is 8. The Hall–Kier alpha value is -4.64. The van der Waals surface area contributed by atoms with Crippen LogP contribution in [0.15, 0.2) is 59.5 Å². The minimum absolute atomic E-state index is 0.0199. The number of likely N-dealkylation sites (N-methyl/N-ethyl adjacent to an activating group) is 1. The maximum absolute atomic E-state index is 13.5. The molecular weight excluding hydrogens is 510 g/mol. The number of amides is 1. The second-order valence-electron chi connectivity index (χ2n) is 10.3. The Bertz CT molecular complexity index is 1720. The minimum Gasteiger partial charge on any atom is -0.492 e. The number of anilines is 3. The summed E-state index contributed by atoms with van der Waals surface area (Å²) in [5.41, 5.74) is 3.60. The summed E-state index contributed by atoms with van der Waals surface area (Å²) in [6.07, 6.45) is 7.20.